The molecule has 1 saturated heterocycles. The summed E-state index contributed by atoms with van der Waals surface area (Å²) in [5.74, 6) is 1.58. The zero-order valence-corrected chi connectivity index (χ0v) is 10.2. The fourth-order valence-corrected chi connectivity index (χ4v) is 2.19. The standard InChI is InChI=1S/C12H23NO2/c1-10(2)11-4-7-13(8-5-11)9-6-12(14)15-3/h10-11H,4-9H2,1-3H3. The van der Waals surface area contributed by atoms with Crippen LogP contribution in [-0.2, 0) is 9.53 Å². The van der Waals surface area contributed by atoms with E-state index in [0.717, 1.165) is 31.5 Å². The van der Waals surface area contributed by atoms with Crippen molar-refractivity contribution in [2.24, 2.45) is 11.8 Å². The van der Waals surface area contributed by atoms with Crippen LogP contribution in [0.4, 0.5) is 0 Å². The van der Waals surface area contributed by atoms with Gasteiger partial charge in [0, 0.05) is 6.54 Å². The van der Waals surface area contributed by atoms with Crippen molar-refractivity contribution in [2.45, 2.75) is 33.1 Å². The van der Waals surface area contributed by atoms with Crippen LogP contribution < -0.4 is 0 Å². The maximum atomic E-state index is 11.0. The van der Waals surface area contributed by atoms with Gasteiger partial charge in [-0.3, -0.25) is 4.79 Å². The molecule has 0 unspecified atom stereocenters. The van der Waals surface area contributed by atoms with Crippen LogP contribution in [0.25, 0.3) is 0 Å². The van der Waals surface area contributed by atoms with Gasteiger partial charge in [0.15, 0.2) is 0 Å². The zero-order valence-electron chi connectivity index (χ0n) is 10.2. The largest absolute Gasteiger partial charge is 0.469 e. The van der Waals surface area contributed by atoms with Crippen molar-refractivity contribution < 1.29 is 9.53 Å². The minimum Gasteiger partial charge on any atom is -0.469 e. The van der Waals surface area contributed by atoms with Crippen molar-refractivity contribution in [2.75, 3.05) is 26.7 Å². The number of hydrogen-bond donors (Lipinski definition) is 0. The first kappa shape index (κ1) is 12.5. The SMILES string of the molecule is COC(=O)CCN1CCC(C(C)C)CC1. The third kappa shape index (κ3) is 4.20. The number of nitrogens with zero attached hydrogens (tertiary/aromatic N) is 1. The van der Waals surface area contributed by atoms with E-state index in [9.17, 15) is 4.79 Å². The van der Waals surface area contributed by atoms with E-state index in [4.69, 9.17) is 0 Å². The van der Waals surface area contributed by atoms with Gasteiger partial charge in [-0.2, -0.15) is 0 Å². The molecule has 1 aliphatic heterocycles. The number of ether oxygens (including phenoxy) is 1. The lowest BCUT2D eigenvalue weighted by Crippen LogP contribution is -2.36. The molecule has 0 saturated carbocycles. The molecule has 3 nitrogen and oxygen atoms in total. The first-order valence-corrected chi connectivity index (χ1v) is 5.92. The molecule has 1 fully saturated rings. The first-order chi connectivity index (χ1) is 7.13. The normalized spacial score (nSPS) is 19.5. The monoisotopic (exact) mass is 213 g/mol. The molecule has 0 radical (unpaired) electrons. The van der Waals surface area contributed by atoms with E-state index in [1.807, 2.05) is 0 Å². The highest BCUT2D eigenvalue weighted by molar-refractivity contribution is 5.69. The Bertz CT molecular complexity index is 196. The molecular formula is C12H23NO2. The molecule has 88 valence electrons. The Balaban J connectivity index is 2.17. The van der Waals surface area contributed by atoms with Crippen LogP contribution >= 0.6 is 0 Å². The molecule has 0 bridgehead atoms. The van der Waals surface area contributed by atoms with E-state index in [2.05, 4.69) is 23.5 Å². The van der Waals surface area contributed by atoms with Crippen molar-refractivity contribution in [3.8, 4) is 0 Å². The average Bonchev–Trinajstić information content (AvgIpc) is 2.26. The lowest BCUT2D eigenvalue weighted by atomic mass is 9.87. The van der Waals surface area contributed by atoms with Gasteiger partial charge in [0.1, 0.15) is 0 Å². The quantitative estimate of drug-likeness (QED) is 0.668. The van der Waals surface area contributed by atoms with Crippen molar-refractivity contribution in [3.05, 3.63) is 0 Å². The van der Waals surface area contributed by atoms with Crippen LogP contribution in [0.15, 0.2) is 0 Å². The minimum absolute atomic E-state index is 0.0963. The molecule has 1 rings (SSSR count). The third-order valence-corrected chi connectivity index (χ3v) is 3.43. The van der Waals surface area contributed by atoms with Gasteiger partial charge in [-0.1, -0.05) is 13.8 Å². The fraction of sp³-hybridized carbons (Fsp3) is 0.917. The molecule has 0 atom stereocenters. The molecule has 0 amide bonds. The maximum absolute atomic E-state index is 11.0. The molecule has 0 spiro atoms. The molecule has 0 N–H and O–H groups in total. The van der Waals surface area contributed by atoms with Gasteiger partial charge in [-0.15, -0.1) is 0 Å². The van der Waals surface area contributed by atoms with Crippen LogP contribution in [0.3, 0.4) is 0 Å². The Hall–Kier alpha value is -0.570. The second-order valence-corrected chi connectivity index (χ2v) is 4.75. The minimum atomic E-state index is -0.0963. The Morgan fingerprint density at radius 3 is 2.47 bits per heavy atom. The number of esters is 1. The lowest BCUT2D eigenvalue weighted by Gasteiger charge is -2.33. The van der Waals surface area contributed by atoms with Crippen molar-refractivity contribution in [3.63, 3.8) is 0 Å². The van der Waals surface area contributed by atoms with Crippen molar-refractivity contribution in [1.29, 1.82) is 0 Å². The summed E-state index contributed by atoms with van der Waals surface area (Å²) in [5.41, 5.74) is 0. The molecule has 0 aromatic rings. The van der Waals surface area contributed by atoms with Crippen molar-refractivity contribution >= 4 is 5.97 Å². The predicted octanol–water partition coefficient (Wildman–Crippen LogP) is 1.92. The lowest BCUT2D eigenvalue weighted by molar-refractivity contribution is -0.141. The summed E-state index contributed by atoms with van der Waals surface area (Å²) in [7, 11) is 1.45. The van der Waals surface area contributed by atoms with Gasteiger partial charge in [0.05, 0.1) is 13.5 Å². The Morgan fingerprint density at radius 1 is 1.40 bits per heavy atom. The Kier molecular flexibility index (Phi) is 5.09. The number of carbonyl (C=O) groups is 1. The number of carbonyl (C=O) groups excluding carboxylic acids is 1. The Labute approximate surface area is 92.8 Å². The molecule has 3 heteroatoms. The number of piperidine rings is 1. The highest BCUT2D eigenvalue weighted by atomic mass is 16.5. The second-order valence-electron chi connectivity index (χ2n) is 4.75. The van der Waals surface area contributed by atoms with E-state index in [1.54, 1.807) is 0 Å². The molecule has 0 aromatic carbocycles. The topological polar surface area (TPSA) is 29.5 Å². The number of methoxy groups -OCH3 is 1. The summed E-state index contributed by atoms with van der Waals surface area (Å²) in [6.45, 7) is 7.74. The highest BCUT2D eigenvalue weighted by Gasteiger charge is 2.21. The van der Waals surface area contributed by atoms with Gasteiger partial charge in [-0.25, -0.2) is 0 Å². The van der Waals surface area contributed by atoms with E-state index in [0.29, 0.717) is 6.42 Å². The summed E-state index contributed by atoms with van der Waals surface area (Å²) in [4.78, 5) is 13.3. The zero-order chi connectivity index (χ0) is 11.3. The summed E-state index contributed by atoms with van der Waals surface area (Å²) >= 11 is 0. The van der Waals surface area contributed by atoms with Gasteiger partial charge in [-0.05, 0) is 37.8 Å². The van der Waals surface area contributed by atoms with Gasteiger partial charge >= 0.3 is 5.97 Å². The molecule has 15 heavy (non-hydrogen) atoms. The van der Waals surface area contributed by atoms with Crippen LogP contribution in [0.5, 0.6) is 0 Å². The van der Waals surface area contributed by atoms with Gasteiger partial charge < -0.3 is 9.64 Å². The first-order valence-electron chi connectivity index (χ1n) is 5.92. The van der Waals surface area contributed by atoms with Crippen LogP contribution in [0.1, 0.15) is 33.1 Å². The average molecular weight is 213 g/mol. The van der Waals surface area contributed by atoms with Crippen LogP contribution in [0.2, 0.25) is 0 Å². The number of likely N-dealkylation sites (tertiary alicyclic amines) is 1. The van der Waals surface area contributed by atoms with Gasteiger partial charge in [0.2, 0.25) is 0 Å². The van der Waals surface area contributed by atoms with Crippen molar-refractivity contribution in [1.82, 2.24) is 4.90 Å². The summed E-state index contributed by atoms with van der Waals surface area (Å²) < 4.78 is 4.64. The highest BCUT2D eigenvalue weighted by Crippen LogP contribution is 2.24. The van der Waals surface area contributed by atoms with E-state index >= 15 is 0 Å². The summed E-state index contributed by atoms with van der Waals surface area (Å²) in [6.07, 6.45) is 3.08. The molecule has 0 aromatic heterocycles. The van der Waals surface area contributed by atoms with E-state index in [-0.39, 0.29) is 5.97 Å². The Morgan fingerprint density at radius 2 is 2.00 bits per heavy atom. The third-order valence-electron chi connectivity index (χ3n) is 3.43. The molecular weight excluding hydrogens is 190 g/mol. The molecule has 0 aliphatic carbocycles. The summed E-state index contributed by atoms with van der Waals surface area (Å²) in [5, 5.41) is 0. The second kappa shape index (κ2) is 6.11. The summed E-state index contributed by atoms with van der Waals surface area (Å²) in [6, 6.07) is 0. The van der Waals surface area contributed by atoms with Crippen LogP contribution in [-0.4, -0.2) is 37.6 Å². The molecule has 1 heterocycles. The number of hydrogen-bond acceptors (Lipinski definition) is 3. The predicted molar refractivity (Wildman–Crippen MR) is 60.6 cm³/mol. The van der Waals surface area contributed by atoms with Gasteiger partial charge in [0.25, 0.3) is 0 Å². The smallest absolute Gasteiger partial charge is 0.306 e. The molecule has 1 aliphatic rings. The maximum Gasteiger partial charge on any atom is 0.306 e. The van der Waals surface area contributed by atoms with Crippen LogP contribution in [0, 0.1) is 11.8 Å². The number of rotatable bonds is 4. The fourth-order valence-electron chi connectivity index (χ4n) is 2.19. The van der Waals surface area contributed by atoms with E-state index in [1.165, 1.54) is 20.0 Å². The van der Waals surface area contributed by atoms with E-state index < -0.39 is 0 Å².